The molecule has 1 saturated heterocycles. The van der Waals surface area contributed by atoms with Crippen molar-refractivity contribution in [3.05, 3.63) is 54.3 Å². The van der Waals surface area contributed by atoms with Gasteiger partial charge in [-0.2, -0.15) is 4.31 Å². The minimum absolute atomic E-state index is 0.0547. The number of H-pyrrole nitrogens is 1. The number of aromatic nitrogens is 2. The Balaban J connectivity index is 1.32. The zero-order chi connectivity index (χ0) is 20.4. The monoisotopic (exact) mass is 434 g/mol. The third kappa shape index (κ3) is 4.29. The highest BCUT2D eigenvalue weighted by atomic mass is 32.2. The summed E-state index contributed by atoms with van der Waals surface area (Å²) in [6.45, 7) is 1.06. The fourth-order valence-electron chi connectivity index (χ4n) is 3.15. The van der Waals surface area contributed by atoms with E-state index in [0.29, 0.717) is 18.2 Å². The Hall–Kier alpha value is -2.43. The van der Waals surface area contributed by atoms with Gasteiger partial charge in [-0.25, -0.2) is 17.8 Å². The van der Waals surface area contributed by atoms with Gasteiger partial charge in [0, 0.05) is 26.2 Å². The van der Waals surface area contributed by atoms with Crippen LogP contribution in [-0.4, -0.2) is 65.4 Å². The van der Waals surface area contributed by atoms with Crippen LogP contribution in [0.1, 0.15) is 0 Å². The summed E-state index contributed by atoms with van der Waals surface area (Å²) in [7, 11) is -3.69. The smallest absolute Gasteiger partial charge is 0.243 e. The first-order valence-corrected chi connectivity index (χ1v) is 11.5. The number of sulfonamides is 1. The van der Waals surface area contributed by atoms with Gasteiger partial charge in [-0.15, -0.1) is 0 Å². The Morgan fingerprint density at radius 3 is 2.45 bits per heavy atom. The van der Waals surface area contributed by atoms with Crippen molar-refractivity contribution >= 4 is 38.7 Å². The molecule has 1 aliphatic rings. The van der Waals surface area contributed by atoms with E-state index in [4.69, 9.17) is 0 Å². The molecule has 1 N–H and O–H groups in total. The van der Waals surface area contributed by atoms with Gasteiger partial charge in [-0.05, 0) is 36.4 Å². The molecule has 0 unspecified atom stereocenters. The highest BCUT2D eigenvalue weighted by molar-refractivity contribution is 7.99. The summed E-state index contributed by atoms with van der Waals surface area (Å²) in [5, 5.41) is 0.678. The van der Waals surface area contributed by atoms with Gasteiger partial charge in [0.25, 0.3) is 0 Å². The number of hydrogen-bond donors (Lipinski definition) is 1. The Labute approximate surface area is 172 Å². The molecule has 10 heteroatoms. The van der Waals surface area contributed by atoms with Gasteiger partial charge in [0.15, 0.2) is 5.16 Å². The molecule has 0 bridgehead atoms. The van der Waals surface area contributed by atoms with E-state index in [1.807, 2.05) is 24.3 Å². The van der Waals surface area contributed by atoms with Gasteiger partial charge in [-0.3, -0.25) is 4.79 Å². The molecule has 1 amide bonds. The van der Waals surface area contributed by atoms with Gasteiger partial charge in [0.2, 0.25) is 15.9 Å². The van der Waals surface area contributed by atoms with E-state index in [9.17, 15) is 17.6 Å². The molecule has 0 saturated carbocycles. The maximum Gasteiger partial charge on any atom is 0.243 e. The number of nitrogens with zero attached hydrogens (tertiary/aromatic N) is 3. The average molecular weight is 435 g/mol. The number of carbonyl (C=O) groups is 1. The Kier molecular flexibility index (Phi) is 5.57. The number of aromatic amines is 1. The molecule has 0 radical (unpaired) electrons. The fourth-order valence-corrected chi connectivity index (χ4v) is 5.36. The first-order valence-electron chi connectivity index (χ1n) is 9.04. The lowest BCUT2D eigenvalue weighted by Crippen LogP contribution is -2.50. The predicted octanol–water partition coefficient (Wildman–Crippen LogP) is 2.33. The molecule has 0 spiro atoms. The van der Waals surface area contributed by atoms with Gasteiger partial charge in [-0.1, -0.05) is 23.9 Å². The molecule has 3 aromatic rings. The Morgan fingerprint density at radius 1 is 1.07 bits per heavy atom. The normalized spacial score (nSPS) is 15.7. The molecular formula is C19H19FN4O3S2. The van der Waals surface area contributed by atoms with Gasteiger partial charge >= 0.3 is 0 Å². The van der Waals surface area contributed by atoms with Gasteiger partial charge < -0.3 is 9.88 Å². The second-order valence-electron chi connectivity index (χ2n) is 6.59. The SMILES string of the molecule is O=C(CSc1nc2ccccc2[nH]1)N1CCN(S(=O)(=O)c2ccc(F)cc2)CC1. The summed E-state index contributed by atoms with van der Waals surface area (Å²) in [6.07, 6.45) is 0. The van der Waals surface area contributed by atoms with E-state index in [-0.39, 0.29) is 29.6 Å². The molecule has 2 aromatic carbocycles. The third-order valence-electron chi connectivity index (χ3n) is 4.74. The average Bonchev–Trinajstić information content (AvgIpc) is 3.15. The van der Waals surface area contributed by atoms with Gasteiger partial charge in [0.05, 0.1) is 21.7 Å². The van der Waals surface area contributed by atoms with Crippen LogP contribution in [0.25, 0.3) is 11.0 Å². The van der Waals surface area contributed by atoms with Crippen molar-refractivity contribution in [3.8, 4) is 0 Å². The number of hydrogen-bond acceptors (Lipinski definition) is 5. The van der Waals surface area contributed by atoms with Crippen molar-refractivity contribution < 1.29 is 17.6 Å². The lowest BCUT2D eigenvalue weighted by molar-refractivity contribution is -0.129. The van der Waals surface area contributed by atoms with Crippen LogP contribution in [0.2, 0.25) is 0 Å². The molecular weight excluding hydrogens is 415 g/mol. The zero-order valence-corrected chi connectivity index (χ0v) is 17.0. The fraction of sp³-hybridized carbons (Fsp3) is 0.263. The summed E-state index contributed by atoms with van der Waals surface area (Å²) in [5.74, 6) is -0.319. The summed E-state index contributed by atoms with van der Waals surface area (Å²) in [5.41, 5.74) is 1.77. The molecule has 0 aliphatic carbocycles. The first kappa shape index (κ1) is 19.9. The number of piperazine rings is 1. The number of benzene rings is 2. The molecule has 7 nitrogen and oxygen atoms in total. The van der Waals surface area contributed by atoms with Crippen molar-refractivity contribution in [2.24, 2.45) is 0 Å². The standard InChI is InChI=1S/C19H19FN4O3S2/c20-14-5-7-15(8-6-14)29(26,27)24-11-9-23(10-12-24)18(25)13-28-19-21-16-3-1-2-4-17(16)22-19/h1-8H,9-13H2,(H,21,22). The van der Waals surface area contributed by atoms with E-state index in [1.54, 1.807) is 4.90 Å². The van der Waals surface area contributed by atoms with Crippen LogP contribution in [-0.2, 0) is 14.8 Å². The van der Waals surface area contributed by atoms with E-state index >= 15 is 0 Å². The third-order valence-corrected chi connectivity index (χ3v) is 7.51. The molecule has 152 valence electrons. The number of fused-ring (bicyclic) bond motifs is 1. The summed E-state index contributed by atoms with van der Waals surface area (Å²) < 4.78 is 39.7. The lowest BCUT2D eigenvalue weighted by Gasteiger charge is -2.34. The quantitative estimate of drug-likeness (QED) is 0.623. The van der Waals surface area contributed by atoms with Crippen LogP contribution < -0.4 is 0 Å². The van der Waals surface area contributed by atoms with E-state index in [0.717, 1.165) is 23.2 Å². The molecule has 1 fully saturated rings. The summed E-state index contributed by atoms with van der Waals surface area (Å²) >= 11 is 1.33. The number of para-hydroxylation sites is 2. The maximum absolute atomic E-state index is 13.1. The minimum atomic E-state index is -3.69. The molecule has 1 aromatic heterocycles. The molecule has 29 heavy (non-hydrogen) atoms. The number of halogens is 1. The van der Waals surface area contributed by atoms with Gasteiger partial charge in [0.1, 0.15) is 5.82 Å². The molecule has 1 aliphatic heterocycles. The van der Waals surface area contributed by atoms with E-state index in [1.165, 1.54) is 28.2 Å². The topological polar surface area (TPSA) is 86.4 Å². The van der Waals surface area contributed by atoms with E-state index < -0.39 is 15.8 Å². The van der Waals surface area contributed by atoms with E-state index in [2.05, 4.69) is 9.97 Å². The number of rotatable bonds is 5. The number of amides is 1. The molecule has 4 rings (SSSR count). The maximum atomic E-state index is 13.1. The van der Waals surface area contributed by atoms with Crippen LogP contribution in [0, 0.1) is 5.82 Å². The number of imidazole rings is 1. The Bertz CT molecular complexity index is 1090. The summed E-state index contributed by atoms with van der Waals surface area (Å²) in [6, 6.07) is 12.4. The van der Waals surface area contributed by atoms with Crippen LogP contribution in [0.5, 0.6) is 0 Å². The second kappa shape index (κ2) is 8.13. The first-order chi connectivity index (χ1) is 13.9. The number of thioether (sulfide) groups is 1. The lowest BCUT2D eigenvalue weighted by atomic mass is 10.3. The molecule has 2 heterocycles. The molecule has 0 atom stereocenters. The second-order valence-corrected chi connectivity index (χ2v) is 9.49. The van der Waals surface area contributed by atoms with Crippen molar-refractivity contribution in [3.63, 3.8) is 0 Å². The predicted molar refractivity (Wildman–Crippen MR) is 109 cm³/mol. The van der Waals surface area contributed by atoms with Crippen molar-refractivity contribution in [1.82, 2.24) is 19.2 Å². The van der Waals surface area contributed by atoms with Crippen molar-refractivity contribution in [2.75, 3.05) is 31.9 Å². The number of carbonyl (C=O) groups excluding carboxylic acids is 1. The minimum Gasteiger partial charge on any atom is -0.339 e. The zero-order valence-electron chi connectivity index (χ0n) is 15.4. The van der Waals surface area contributed by atoms with Crippen LogP contribution in [0.15, 0.2) is 58.6 Å². The Morgan fingerprint density at radius 2 is 1.76 bits per heavy atom. The highest BCUT2D eigenvalue weighted by Crippen LogP contribution is 2.21. The van der Waals surface area contributed by atoms with Crippen LogP contribution in [0.4, 0.5) is 4.39 Å². The summed E-state index contributed by atoms with van der Waals surface area (Å²) in [4.78, 5) is 21.8. The van der Waals surface area contributed by atoms with Crippen molar-refractivity contribution in [1.29, 1.82) is 0 Å². The van der Waals surface area contributed by atoms with Crippen molar-refractivity contribution in [2.45, 2.75) is 10.1 Å². The number of nitrogens with one attached hydrogen (secondary N) is 1. The van der Waals surface area contributed by atoms with Crippen LogP contribution >= 0.6 is 11.8 Å². The van der Waals surface area contributed by atoms with Crippen LogP contribution in [0.3, 0.4) is 0 Å². The highest BCUT2D eigenvalue weighted by Gasteiger charge is 2.30. The largest absolute Gasteiger partial charge is 0.339 e.